The van der Waals surface area contributed by atoms with Gasteiger partial charge in [0.2, 0.25) is 0 Å². The summed E-state index contributed by atoms with van der Waals surface area (Å²) in [6.45, 7) is 3.01. The van der Waals surface area contributed by atoms with Gasteiger partial charge >= 0.3 is 0 Å². The zero-order valence-electron chi connectivity index (χ0n) is 13.7. The Morgan fingerprint density at radius 3 is 2.56 bits per heavy atom. The molecule has 25 heavy (non-hydrogen) atoms. The lowest BCUT2D eigenvalue weighted by atomic mass is 10.2. The summed E-state index contributed by atoms with van der Waals surface area (Å²) >= 11 is 11.9. The van der Waals surface area contributed by atoms with Crippen molar-refractivity contribution in [1.29, 1.82) is 0 Å². The number of hydrogen-bond donors (Lipinski definition) is 1. The highest BCUT2D eigenvalue weighted by atomic mass is 35.5. The van der Waals surface area contributed by atoms with Crippen LogP contribution in [0.1, 0.15) is 10.4 Å². The summed E-state index contributed by atoms with van der Waals surface area (Å²) in [4.78, 5) is 14.7. The molecule has 1 saturated heterocycles. The molecule has 0 unspecified atom stereocenters. The summed E-state index contributed by atoms with van der Waals surface area (Å²) in [5.74, 6) is 0.307. The third kappa shape index (κ3) is 4.18. The lowest BCUT2D eigenvalue weighted by molar-refractivity contribution is 0.102. The quantitative estimate of drug-likeness (QED) is 0.867. The highest BCUT2D eigenvalue weighted by molar-refractivity contribution is 6.42. The summed E-state index contributed by atoms with van der Waals surface area (Å²) in [6, 6.07) is 10.5. The van der Waals surface area contributed by atoms with Crippen LogP contribution in [0.3, 0.4) is 0 Å². The van der Waals surface area contributed by atoms with Gasteiger partial charge < -0.3 is 19.7 Å². The van der Waals surface area contributed by atoms with E-state index in [2.05, 4.69) is 10.2 Å². The molecule has 1 aliphatic rings. The van der Waals surface area contributed by atoms with Crippen LogP contribution in [0.25, 0.3) is 0 Å². The fourth-order valence-corrected chi connectivity index (χ4v) is 2.94. The topological polar surface area (TPSA) is 50.8 Å². The first-order chi connectivity index (χ1) is 12.1. The molecule has 1 N–H and O–H groups in total. The first-order valence-electron chi connectivity index (χ1n) is 7.85. The SMILES string of the molecule is COc1ccc(N2CCOCC2)cc1NC(=O)c1ccc(Cl)c(Cl)c1. The van der Waals surface area contributed by atoms with Crippen molar-refractivity contribution >= 4 is 40.5 Å². The molecule has 0 aliphatic carbocycles. The van der Waals surface area contributed by atoms with E-state index in [0.29, 0.717) is 40.3 Å². The summed E-state index contributed by atoms with van der Waals surface area (Å²) in [7, 11) is 1.57. The average Bonchev–Trinajstić information content (AvgIpc) is 2.64. The molecule has 0 bridgehead atoms. The van der Waals surface area contributed by atoms with E-state index >= 15 is 0 Å². The number of halogens is 2. The maximum Gasteiger partial charge on any atom is 0.255 e. The van der Waals surface area contributed by atoms with Crippen LogP contribution in [0.2, 0.25) is 10.0 Å². The Bertz CT molecular complexity index is 777. The maximum absolute atomic E-state index is 12.5. The van der Waals surface area contributed by atoms with Gasteiger partial charge in [-0.2, -0.15) is 0 Å². The van der Waals surface area contributed by atoms with E-state index in [4.69, 9.17) is 32.7 Å². The first-order valence-corrected chi connectivity index (χ1v) is 8.61. The monoisotopic (exact) mass is 380 g/mol. The zero-order valence-corrected chi connectivity index (χ0v) is 15.2. The molecule has 1 amide bonds. The van der Waals surface area contributed by atoms with Gasteiger partial charge in [0.05, 0.1) is 36.1 Å². The van der Waals surface area contributed by atoms with E-state index < -0.39 is 0 Å². The van der Waals surface area contributed by atoms with Gasteiger partial charge in [-0.1, -0.05) is 23.2 Å². The molecule has 0 radical (unpaired) electrons. The lowest BCUT2D eigenvalue weighted by Crippen LogP contribution is -2.36. The minimum absolute atomic E-state index is 0.281. The highest BCUT2D eigenvalue weighted by Crippen LogP contribution is 2.31. The van der Waals surface area contributed by atoms with Crippen LogP contribution >= 0.6 is 23.2 Å². The number of carbonyl (C=O) groups excluding carboxylic acids is 1. The predicted molar refractivity (Wildman–Crippen MR) is 100 cm³/mol. The number of methoxy groups -OCH3 is 1. The van der Waals surface area contributed by atoms with Crippen LogP contribution in [0.5, 0.6) is 5.75 Å². The normalized spacial score (nSPS) is 14.3. The minimum Gasteiger partial charge on any atom is -0.495 e. The number of carbonyl (C=O) groups is 1. The van der Waals surface area contributed by atoms with E-state index in [1.165, 1.54) is 6.07 Å². The van der Waals surface area contributed by atoms with Gasteiger partial charge in [0.25, 0.3) is 5.91 Å². The summed E-state index contributed by atoms with van der Waals surface area (Å²) in [5.41, 5.74) is 2.03. The summed E-state index contributed by atoms with van der Waals surface area (Å²) in [5, 5.41) is 3.62. The Morgan fingerprint density at radius 1 is 1.12 bits per heavy atom. The molecule has 1 fully saturated rings. The molecule has 2 aromatic rings. The smallest absolute Gasteiger partial charge is 0.255 e. The van der Waals surface area contributed by atoms with Crippen LogP contribution in [0.4, 0.5) is 11.4 Å². The Kier molecular flexibility index (Phi) is 5.68. The van der Waals surface area contributed by atoms with Crippen LogP contribution in [0.15, 0.2) is 36.4 Å². The molecule has 5 nitrogen and oxygen atoms in total. The van der Waals surface area contributed by atoms with Gasteiger partial charge in [-0.3, -0.25) is 4.79 Å². The standard InChI is InChI=1S/C18H18Cl2N2O3/c1-24-17-5-3-13(22-6-8-25-9-7-22)11-16(17)21-18(23)12-2-4-14(19)15(20)10-12/h2-5,10-11H,6-9H2,1H3,(H,21,23). The molecule has 3 rings (SSSR count). The number of rotatable bonds is 4. The Balaban J connectivity index is 1.84. The van der Waals surface area contributed by atoms with Crippen molar-refractivity contribution in [3.8, 4) is 5.75 Å². The van der Waals surface area contributed by atoms with Crippen LogP contribution in [0, 0.1) is 0 Å². The molecule has 1 aliphatic heterocycles. The van der Waals surface area contributed by atoms with Gasteiger partial charge in [0.15, 0.2) is 0 Å². The lowest BCUT2D eigenvalue weighted by Gasteiger charge is -2.29. The number of morpholine rings is 1. The Labute approximate surface area is 156 Å². The molecule has 0 aromatic heterocycles. The van der Waals surface area contributed by atoms with E-state index in [0.717, 1.165) is 18.8 Å². The number of anilines is 2. The second-order valence-electron chi connectivity index (χ2n) is 5.57. The molecule has 1 heterocycles. The second-order valence-corrected chi connectivity index (χ2v) is 6.38. The third-order valence-corrected chi connectivity index (χ3v) is 4.73. The van der Waals surface area contributed by atoms with E-state index in [1.807, 2.05) is 18.2 Å². The van der Waals surface area contributed by atoms with Gasteiger partial charge in [0, 0.05) is 24.3 Å². The average molecular weight is 381 g/mol. The molecule has 7 heteroatoms. The molecule has 2 aromatic carbocycles. The van der Waals surface area contributed by atoms with Crippen molar-refractivity contribution in [2.45, 2.75) is 0 Å². The number of ether oxygens (including phenoxy) is 2. The van der Waals surface area contributed by atoms with Crippen molar-refractivity contribution in [3.05, 3.63) is 52.0 Å². The predicted octanol–water partition coefficient (Wildman–Crippen LogP) is 4.09. The Morgan fingerprint density at radius 2 is 1.88 bits per heavy atom. The van der Waals surface area contributed by atoms with Gasteiger partial charge in [-0.05, 0) is 36.4 Å². The van der Waals surface area contributed by atoms with Gasteiger partial charge in [-0.15, -0.1) is 0 Å². The van der Waals surface area contributed by atoms with Crippen molar-refractivity contribution in [2.75, 3.05) is 43.6 Å². The van der Waals surface area contributed by atoms with Crippen molar-refractivity contribution < 1.29 is 14.3 Å². The summed E-state index contributed by atoms with van der Waals surface area (Å²) < 4.78 is 10.7. The fourth-order valence-electron chi connectivity index (χ4n) is 2.64. The fraction of sp³-hybridized carbons (Fsp3) is 0.278. The summed E-state index contributed by atoms with van der Waals surface area (Å²) in [6.07, 6.45) is 0. The number of hydrogen-bond acceptors (Lipinski definition) is 4. The zero-order chi connectivity index (χ0) is 17.8. The molecular weight excluding hydrogens is 363 g/mol. The van der Waals surface area contributed by atoms with Crippen molar-refractivity contribution in [3.63, 3.8) is 0 Å². The Hall–Kier alpha value is -1.95. The van der Waals surface area contributed by atoms with E-state index in [1.54, 1.807) is 19.2 Å². The minimum atomic E-state index is -0.281. The second kappa shape index (κ2) is 7.95. The number of amides is 1. The van der Waals surface area contributed by atoms with Crippen LogP contribution in [-0.4, -0.2) is 39.3 Å². The highest BCUT2D eigenvalue weighted by Gasteiger charge is 2.16. The van der Waals surface area contributed by atoms with Crippen LogP contribution < -0.4 is 15.0 Å². The number of nitrogens with one attached hydrogen (secondary N) is 1. The largest absolute Gasteiger partial charge is 0.495 e. The maximum atomic E-state index is 12.5. The first kappa shape index (κ1) is 17.9. The number of nitrogens with zero attached hydrogens (tertiary/aromatic N) is 1. The number of benzene rings is 2. The van der Waals surface area contributed by atoms with Gasteiger partial charge in [-0.25, -0.2) is 0 Å². The molecule has 132 valence electrons. The van der Waals surface area contributed by atoms with Crippen molar-refractivity contribution in [2.24, 2.45) is 0 Å². The van der Waals surface area contributed by atoms with E-state index in [-0.39, 0.29) is 5.91 Å². The third-order valence-electron chi connectivity index (χ3n) is 3.99. The molecular formula is C18H18Cl2N2O3. The molecule has 0 spiro atoms. The molecule has 0 saturated carbocycles. The molecule has 0 atom stereocenters. The van der Waals surface area contributed by atoms with Crippen molar-refractivity contribution in [1.82, 2.24) is 0 Å². The van der Waals surface area contributed by atoms with Gasteiger partial charge in [0.1, 0.15) is 5.75 Å². The van der Waals surface area contributed by atoms with Crippen LogP contribution in [-0.2, 0) is 4.74 Å². The van der Waals surface area contributed by atoms with E-state index in [9.17, 15) is 4.79 Å².